The van der Waals surface area contributed by atoms with Gasteiger partial charge in [0.15, 0.2) is 0 Å². The van der Waals surface area contributed by atoms with Gasteiger partial charge in [0.2, 0.25) is 5.88 Å². The van der Waals surface area contributed by atoms with E-state index in [4.69, 9.17) is 9.47 Å². The fraction of sp³-hybridized carbons (Fsp3) is 0.429. The van der Waals surface area contributed by atoms with E-state index < -0.39 is 0 Å². The maximum Gasteiger partial charge on any atom is 0.251 e. The van der Waals surface area contributed by atoms with Crippen LogP contribution in [-0.4, -0.2) is 37.8 Å². The number of ether oxygens (including phenoxy) is 2. The van der Waals surface area contributed by atoms with E-state index in [-0.39, 0.29) is 5.91 Å². The van der Waals surface area contributed by atoms with Crippen molar-refractivity contribution in [3.63, 3.8) is 0 Å². The second kappa shape index (κ2) is 6.33. The molecule has 2 rings (SSSR count). The number of nitrogens with zero attached hydrogens (tertiary/aromatic N) is 1. The molecular formula is C14H18N2O3. The van der Waals surface area contributed by atoms with E-state index in [0.717, 1.165) is 12.8 Å². The van der Waals surface area contributed by atoms with Gasteiger partial charge in [0.1, 0.15) is 0 Å². The van der Waals surface area contributed by atoms with Gasteiger partial charge in [-0.15, -0.1) is 0 Å². The van der Waals surface area contributed by atoms with Crippen molar-refractivity contribution in [3.05, 3.63) is 29.5 Å². The van der Waals surface area contributed by atoms with Crippen LogP contribution in [0.2, 0.25) is 0 Å². The van der Waals surface area contributed by atoms with Crippen LogP contribution < -0.4 is 10.1 Å². The van der Waals surface area contributed by atoms with Gasteiger partial charge in [-0.3, -0.25) is 4.79 Å². The highest BCUT2D eigenvalue weighted by atomic mass is 16.5. The zero-order chi connectivity index (χ0) is 13.7. The lowest BCUT2D eigenvalue weighted by Gasteiger charge is -2.06. The van der Waals surface area contributed by atoms with E-state index in [1.54, 1.807) is 25.3 Å². The molecule has 1 aromatic rings. The minimum Gasteiger partial charge on any atom is -0.481 e. The van der Waals surface area contributed by atoms with Crippen molar-refractivity contribution >= 4 is 12.0 Å². The molecule has 5 nitrogen and oxygen atoms in total. The average Bonchev–Trinajstić information content (AvgIpc) is 3.22. The normalized spacial score (nSPS) is 14.6. The fourth-order valence-electron chi connectivity index (χ4n) is 1.61. The Labute approximate surface area is 112 Å². The van der Waals surface area contributed by atoms with Gasteiger partial charge < -0.3 is 14.8 Å². The van der Waals surface area contributed by atoms with Crippen molar-refractivity contribution in [1.82, 2.24) is 10.3 Å². The van der Waals surface area contributed by atoms with E-state index in [2.05, 4.69) is 10.3 Å². The molecule has 1 aliphatic rings. The Morgan fingerprint density at radius 2 is 2.26 bits per heavy atom. The molecular weight excluding hydrogens is 244 g/mol. The molecule has 102 valence electrons. The standard InChI is InChI=1S/C14H18N2O3/c1-18-7-3-4-12-8-10(9-13(15-12)19-2)14(17)16-11-5-6-11/h3-4,8-9,11H,5-7H2,1-2H3,(H,16,17)/b4-3+. The highest BCUT2D eigenvalue weighted by molar-refractivity contribution is 5.95. The molecule has 0 atom stereocenters. The Kier molecular flexibility index (Phi) is 4.52. The van der Waals surface area contributed by atoms with E-state index in [1.165, 1.54) is 7.11 Å². The van der Waals surface area contributed by atoms with Crippen LogP contribution in [0.1, 0.15) is 28.9 Å². The third kappa shape index (κ3) is 4.06. The van der Waals surface area contributed by atoms with Gasteiger partial charge >= 0.3 is 0 Å². The molecule has 0 aliphatic heterocycles. The number of hydrogen-bond donors (Lipinski definition) is 1. The lowest BCUT2D eigenvalue weighted by molar-refractivity contribution is 0.0950. The van der Waals surface area contributed by atoms with Gasteiger partial charge in [0.25, 0.3) is 5.91 Å². The van der Waals surface area contributed by atoms with E-state index in [0.29, 0.717) is 29.8 Å². The van der Waals surface area contributed by atoms with Crippen molar-refractivity contribution < 1.29 is 14.3 Å². The summed E-state index contributed by atoms with van der Waals surface area (Å²) in [6.45, 7) is 0.502. The molecule has 0 radical (unpaired) electrons. The molecule has 0 unspecified atom stereocenters. The number of amides is 1. The Morgan fingerprint density at radius 3 is 2.89 bits per heavy atom. The molecule has 0 saturated heterocycles. The summed E-state index contributed by atoms with van der Waals surface area (Å²) in [7, 11) is 3.16. The van der Waals surface area contributed by atoms with Crippen LogP contribution in [0.5, 0.6) is 5.88 Å². The molecule has 19 heavy (non-hydrogen) atoms. The number of pyridine rings is 1. The van der Waals surface area contributed by atoms with Crippen molar-refractivity contribution in [3.8, 4) is 5.88 Å². The molecule has 1 aromatic heterocycles. The maximum absolute atomic E-state index is 12.0. The lowest BCUT2D eigenvalue weighted by Crippen LogP contribution is -2.25. The van der Waals surface area contributed by atoms with Gasteiger partial charge in [-0.1, -0.05) is 6.08 Å². The molecule has 1 saturated carbocycles. The first-order valence-corrected chi connectivity index (χ1v) is 6.25. The quantitative estimate of drug-likeness (QED) is 0.846. The summed E-state index contributed by atoms with van der Waals surface area (Å²) < 4.78 is 10.0. The molecule has 0 aromatic carbocycles. The van der Waals surface area contributed by atoms with Crippen LogP contribution in [0.25, 0.3) is 6.08 Å². The third-order valence-electron chi connectivity index (χ3n) is 2.76. The number of carbonyl (C=O) groups is 1. The van der Waals surface area contributed by atoms with Gasteiger partial charge in [-0.2, -0.15) is 0 Å². The Balaban J connectivity index is 2.16. The SMILES string of the molecule is COC/C=C/c1cc(C(=O)NC2CC2)cc(OC)n1. The van der Waals surface area contributed by atoms with Crippen molar-refractivity contribution in [2.45, 2.75) is 18.9 Å². The average molecular weight is 262 g/mol. The monoisotopic (exact) mass is 262 g/mol. The van der Waals surface area contributed by atoms with Crippen molar-refractivity contribution in [1.29, 1.82) is 0 Å². The first-order chi connectivity index (χ1) is 9.22. The van der Waals surface area contributed by atoms with Crippen LogP contribution in [0.15, 0.2) is 18.2 Å². The summed E-state index contributed by atoms with van der Waals surface area (Å²) in [6, 6.07) is 3.72. The lowest BCUT2D eigenvalue weighted by atomic mass is 10.2. The number of hydrogen-bond acceptors (Lipinski definition) is 4. The second-order valence-electron chi connectivity index (χ2n) is 4.43. The van der Waals surface area contributed by atoms with E-state index >= 15 is 0 Å². The number of rotatable bonds is 6. The van der Waals surface area contributed by atoms with Gasteiger partial charge in [-0.25, -0.2) is 4.98 Å². The Hall–Kier alpha value is -1.88. The maximum atomic E-state index is 12.0. The number of carbonyl (C=O) groups excluding carboxylic acids is 1. The Morgan fingerprint density at radius 1 is 1.47 bits per heavy atom. The molecule has 1 N–H and O–H groups in total. The predicted molar refractivity (Wildman–Crippen MR) is 72.2 cm³/mol. The highest BCUT2D eigenvalue weighted by Crippen LogP contribution is 2.20. The summed E-state index contributed by atoms with van der Waals surface area (Å²) in [5, 5.41) is 2.94. The first kappa shape index (κ1) is 13.5. The first-order valence-electron chi connectivity index (χ1n) is 6.25. The molecule has 0 spiro atoms. The molecule has 5 heteroatoms. The van der Waals surface area contributed by atoms with Gasteiger partial charge in [-0.05, 0) is 25.0 Å². The third-order valence-corrected chi connectivity index (χ3v) is 2.76. The highest BCUT2D eigenvalue weighted by Gasteiger charge is 2.24. The minimum atomic E-state index is -0.0791. The van der Waals surface area contributed by atoms with Crippen LogP contribution in [-0.2, 0) is 4.74 Å². The van der Waals surface area contributed by atoms with Crippen LogP contribution >= 0.6 is 0 Å². The molecule has 1 heterocycles. The van der Waals surface area contributed by atoms with Gasteiger partial charge in [0.05, 0.1) is 19.4 Å². The Bertz CT molecular complexity index is 482. The summed E-state index contributed by atoms with van der Waals surface area (Å²) >= 11 is 0. The number of nitrogens with one attached hydrogen (secondary N) is 1. The molecule has 0 bridgehead atoms. The number of methoxy groups -OCH3 is 2. The van der Waals surface area contributed by atoms with Crippen LogP contribution in [0.4, 0.5) is 0 Å². The van der Waals surface area contributed by atoms with Gasteiger partial charge in [0, 0.05) is 24.8 Å². The van der Waals surface area contributed by atoms with E-state index in [9.17, 15) is 4.79 Å². The van der Waals surface area contributed by atoms with Crippen LogP contribution in [0, 0.1) is 0 Å². The molecule has 1 fully saturated rings. The van der Waals surface area contributed by atoms with Crippen LogP contribution in [0.3, 0.4) is 0 Å². The second-order valence-corrected chi connectivity index (χ2v) is 4.43. The van der Waals surface area contributed by atoms with Crippen molar-refractivity contribution in [2.75, 3.05) is 20.8 Å². The smallest absolute Gasteiger partial charge is 0.251 e. The minimum absolute atomic E-state index is 0.0791. The predicted octanol–water partition coefficient (Wildman–Crippen LogP) is 1.64. The van der Waals surface area contributed by atoms with Crippen molar-refractivity contribution in [2.24, 2.45) is 0 Å². The largest absolute Gasteiger partial charge is 0.481 e. The summed E-state index contributed by atoms with van der Waals surface area (Å²) in [4.78, 5) is 16.3. The topological polar surface area (TPSA) is 60.5 Å². The van der Waals surface area contributed by atoms with E-state index in [1.807, 2.05) is 6.08 Å². The fourth-order valence-corrected chi connectivity index (χ4v) is 1.61. The molecule has 1 amide bonds. The summed E-state index contributed by atoms with van der Waals surface area (Å²) in [5.74, 6) is 0.352. The molecule has 1 aliphatic carbocycles. The summed E-state index contributed by atoms with van der Waals surface area (Å²) in [5.41, 5.74) is 1.24. The zero-order valence-electron chi connectivity index (χ0n) is 11.2. The summed E-state index contributed by atoms with van der Waals surface area (Å²) in [6.07, 6.45) is 5.77. The number of aromatic nitrogens is 1. The zero-order valence-corrected chi connectivity index (χ0v) is 11.2.